The number of carbonyl (C=O) groups is 1. The van der Waals surface area contributed by atoms with Crippen LogP contribution < -0.4 is 10.6 Å². The molecule has 116 valence electrons. The molecule has 21 heavy (non-hydrogen) atoms. The van der Waals surface area contributed by atoms with Gasteiger partial charge in [0.05, 0.1) is 0 Å². The summed E-state index contributed by atoms with van der Waals surface area (Å²) in [6.07, 6.45) is 9.05. The highest BCUT2D eigenvalue weighted by molar-refractivity contribution is 5.93. The molecule has 1 aliphatic rings. The quantitative estimate of drug-likeness (QED) is 0.841. The van der Waals surface area contributed by atoms with E-state index in [-0.39, 0.29) is 11.3 Å². The van der Waals surface area contributed by atoms with Crippen LogP contribution in [0.4, 0.5) is 5.69 Å². The van der Waals surface area contributed by atoms with Crippen molar-refractivity contribution in [3.63, 3.8) is 0 Å². The number of carbonyl (C=O) groups excluding carboxylic acids is 1. The Hall–Kier alpha value is -1.58. The summed E-state index contributed by atoms with van der Waals surface area (Å²) in [5.41, 5.74) is 1.71. The van der Waals surface area contributed by atoms with E-state index in [1.807, 2.05) is 12.1 Å². The van der Waals surface area contributed by atoms with E-state index in [4.69, 9.17) is 0 Å². The molecule has 4 nitrogen and oxygen atoms in total. The Morgan fingerprint density at radius 2 is 2.10 bits per heavy atom. The van der Waals surface area contributed by atoms with E-state index in [2.05, 4.69) is 29.5 Å². The molecule has 0 aliphatic heterocycles. The molecule has 0 radical (unpaired) electrons. The Kier molecular flexibility index (Phi) is 5.59. The van der Waals surface area contributed by atoms with Gasteiger partial charge in [-0.15, -0.1) is 0 Å². The Labute approximate surface area is 127 Å². The fourth-order valence-electron chi connectivity index (χ4n) is 2.90. The summed E-state index contributed by atoms with van der Waals surface area (Å²) < 4.78 is 0. The first-order valence-corrected chi connectivity index (χ1v) is 8.11. The third kappa shape index (κ3) is 4.73. The zero-order chi connectivity index (χ0) is 15.1. The fraction of sp³-hybridized carbons (Fsp3) is 0.647. The first-order valence-electron chi connectivity index (χ1n) is 8.11. The third-order valence-corrected chi connectivity index (χ3v) is 4.31. The molecule has 0 unspecified atom stereocenters. The lowest BCUT2D eigenvalue weighted by molar-refractivity contribution is 0.0914. The van der Waals surface area contributed by atoms with Crippen LogP contribution in [0, 0.1) is 5.41 Å². The van der Waals surface area contributed by atoms with Crippen molar-refractivity contribution in [3.8, 4) is 0 Å². The lowest BCUT2D eigenvalue weighted by Crippen LogP contribution is -2.37. The molecule has 1 aromatic heterocycles. The predicted molar refractivity (Wildman–Crippen MR) is 86.5 cm³/mol. The van der Waals surface area contributed by atoms with Gasteiger partial charge >= 0.3 is 0 Å². The van der Waals surface area contributed by atoms with Gasteiger partial charge in [0.2, 0.25) is 0 Å². The zero-order valence-electron chi connectivity index (χ0n) is 13.2. The van der Waals surface area contributed by atoms with E-state index in [1.54, 1.807) is 6.20 Å². The summed E-state index contributed by atoms with van der Waals surface area (Å²) in [6, 6.07) is 3.73. The summed E-state index contributed by atoms with van der Waals surface area (Å²) >= 11 is 0. The van der Waals surface area contributed by atoms with Gasteiger partial charge in [-0.3, -0.25) is 9.78 Å². The van der Waals surface area contributed by atoms with Gasteiger partial charge in [-0.25, -0.2) is 0 Å². The van der Waals surface area contributed by atoms with Crippen molar-refractivity contribution >= 4 is 11.6 Å². The molecular weight excluding hydrogens is 262 g/mol. The molecule has 4 heteroatoms. The maximum absolute atomic E-state index is 12.3. The van der Waals surface area contributed by atoms with Crippen molar-refractivity contribution in [2.75, 3.05) is 18.4 Å². The Morgan fingerprint density at radius 3 is 2.81 bits per heavy atom. The molecule has 1 amide bonds. The van der Waals surface area contributed by atoms with Crippen molar-refractivity contribution < 1.29 is 4.79 Å². The van der Waals surface area contributed by atoms with Crippen molar-refractivity contribution in [1.29, 1.82) is 0 Å². The van der Waals surface area contributed by atoms with Gasteiger partial charge in [0.1, 0.15) is 5.69 Å². The molecule has 2 rings (SSSR count). The van der Waals surface area contributed by atoms with Crippen LogP contribution in [0.1, 0.15) is 62.9 Å². The van der Waals surface area contributed by atoms with Crippen LogP contribution in [0.25, 0.3) is 0 Å². The number of rotatable bonds is 6. The van der Waals surface area contributed by atoms with Crippen LogP contribution >= 0.6 is 0 Å². The van der Waals surface area contributed by atoms with Crippen molar-refractivity contribution in [2.45, 2.75) is 52.4 Å². The topological polar surface area (TPSA) is 54.0 Å². The fourth-order valence-corrected chi connectivity index (χ4v) is 2.90. The molecule has 1 aliphatic carbocycles. The second-order valence-electron chi connectivity index (χ2n) is 6.41. The molecule has 2 N–H and O–H groups in total. The summed E-state index contributed by atoms with van der Waals surface area (Å²) in [5.74, 6) is -0.0676. The van der Waals surface area contributed by atoms with Crippen LogP contribution in [0.2, 0.25) is 0 Å². The van der Waals surface area contributed by atoms with Crippen LogP contribution in [-0.2, 0) is 0 Å². The SMILES string of the molecule is CCCNc1ccnc(C(=O)NCC2(C)CCCCC2)c1. The second-order valence-corrected chi connectivity index (χ2v) is 6.41. The van der Waals surface area contributed by atoms with E-state index in [0.29, 0.717) is 5.69 Å². The number of hydrogen-bond donors (Lipinski definition) is 2. The average molecular weight is 289 g/mol. The number of aromatic nitrogens is 1. The van der Waals surface area contributed by atoms with Crippen molar-refractivity contribution in [3.05, 3.63) is 24.0 Å². The highest BCUT2D eigenvalue weighted by Gasteiger charge is 2.27. The minimum atomic E-state index is -0.0676. The van der Waals surface area contributed by atoms with Gasteiger partial charge in [-0.1, -0.05) is 33.1 Å². The van der Waals surface area contributed by atoms with Gasteiger partial charge in [-0.2, -0.15) is 0 Å². The smallest absolute Gasteiger partial charge is 0.269 e. The summed E-state index contributed by atoms with van der Waals surface area (Å²) in [6.45, 7) is 6.05. The van der Waals surface area contributed by atoms with E-state index in [0.717, 1.165) is 25.2 Å². The number of amides is 1. The molecule has 1 heterocycles. The molecule has 0 aromatic carbocycles. The van der Waals surface area contributed by atoms with Gasteiger partial charge in [-0.05, 0) is 36.8 Å². The van der Waals surface area contributed by atoms with E-state index in [9.17, 15) is 4.79 Å². The first kappa shape index (κ1) is 15.8. The van der Waals surface area contributed by atoms with E-state index >= 15 is 0 Å². The van der Waals surface area contributed by atoms with E-state index in [1.165, 1.54) is 32.1 Å². The van der Waals surface area contributed by atoms with Gasteiger partial charge < -0.3 is 10.6 Å². The molecule has 0 bridgehead atoms. The number of hydrogen-bond acceptors (Lipinski definition) is 3. The third-order valence-electron chi connectivity index (χ3n) is 4.31. The zero-order valence-corrected chi connectivity index (χ0v) is 13.2. The first-order chi connectivity index (χ1) is 10.1. The number of anilines is 1. The number of nitrogens with one attached hydrogen (secondary N) is 2. The van der Waals surface area contributed by atoms with Crippen LogP contribution in [-0.4, -0.2) is 24.0 Å². The van der Waals surface area contributed by atoms with Gasteiger partial charge in [0.25, 0.3) is 5.91 Å². The Balaban J connectivity index is 1.90. The normalized spacial score (nSPS) is 17.2. The number of pyridine rings is 1. The maximum Gasteiger partial charge on any atom is 0.269 e. The van der Waals surface area contributed by atoms with Crippen LogP contribution in [0.5, 0.6) is 0 Å². The largest absolute Gasteiger partial charge is 0.385 e. The molecule has 1 aromatic rings. The minimum Gasteiger partial charge on any atom is -0.385 e. The lowest BCUT2D eigenvalue weighted by atomic mass is 9.76. The van der Waals surface area contributed by atoms with Crippen molar-refractivity contribution in [1.82, 2.24) is 10.3 Å². The average Bonchev–Trinajstić information content (AvgIpc) is 2.52. The standard InChI is InChI=1S/C17H27N3O/c1-3-10-18-14-7-11-19-15(12-14)16(21)20-13-17(2)8-5-4-6-9-17/h7,11-12H,3-6,8-10,13H2,1-2H3,(H,18,19)(H,20,21). The molecule has 0 atom stereocenters. The molecule has 0 spiro atoms. The Morgan fingerprint density at radius 1 is 1.33 bits per heavy atom. The molecule has 1 saturated carbocycles. The van der Waals surface area contributed by atoms with Crippen LogP contribution in [0.3, 0.4) is 0 Å². The summed E-state index contributed by atoms with van der Waals surface area (Å²) in [4.78, 5) is 16.4. The Bertz CT molecular complexity index is 467. The molecule has 1 fully saturated rings. The maximum atomic E-state index is 12.3. The highest BCUT2D eigenvalue weighted by Crippen LogP contribution is 2.34. The highest BCUT2D eigenvalue weighted by atomic mass is 16.1. The predicted octanol–water partition coefficient (Wildman–Crippen LogP) is 3.60. The van der Waals surface area contributed by atoms with Crippen LogP contribution in [0.15, 0.2) is 18.3 Å². The van der Waals surface area contributed by atoms with Gasteiger partial charge in [0.15, 0.2) is 0 Å². The monoisotopic (exact) mass is 289 g/mol. The molecular formula is C17H27N3O. The van der Waals surface area contributed by atoms with E-state index < -0.39 is 0 Å². The van der Waals surface area contributed by atoms with Gasteiger partial charge in [0, 0.05) is 25.0 Å². The lowest BCUT2D eigenvalue weighted by Gasteiger charge is -2.33. The second kappa shape index (κ2) is 7.43. The summed E-state index contributed by atoms with van der Waals surface area (Å²) in [7, 11) is 0. The van der Waals surface area contributed by atoms with Crippen molar-refractivity contribution in [2.24, 2.45) is 5.41 Å². The minimum absolute atomic E-state index is 0.0676. The molecule has 0 saturated heterocycles. The number of nitrogens with zero attached hydrogens (tertiary/aromatic N) is 1. The summed E-state index contributed by atoms with van der Waals surface area (Å²) in [5, 5.41) is 6.35.